The van der Waals surface area contributed by atoms with E-state index in [-0.39, 0.29) is 0 Å². The van der Waals surface area contributed by atoms with Gasteiger partial charge in [-0.3, -0.25) is 0 Å². The van der Waals surface area contributed by atoms with Crippen molar-refractivity contribution in [2.24, 2.45) is 0 Å². The lowest BCUT2D eigenvalue weighted by Gasteiger charge is -2.09. The van der Waals surface area contributed by atoms with Crippen molar-refractivity contribution in [1.82, 2.24) is 0 Å². The van der Waals surface area contributed by atoms with Crippen LogP contribution in [-0.2, 0) is 4.79 Å². The van der Waals surface area contributed by atoms with Crippen LogP contribution in [0.15, 0.2) is 66.7 Å². The first kappa shape index (κ1) is 22.4. The number of benzene rings is 3. The maximum absolute atomic E-state index is 12.3. The zero-order valence-electron chi connectivity index (χ0n) is 18.1. The second-order valence-electron chi connectivity index (χ2n) is 6.72. The fourth-order valence-corrected chi connectivity index (χ4v) is 3.09. The molecule has 0 bridgehead atoms. The van der Waals surface area contributed by atoms with Gasteiger partial charge in [0, 0.05) is 23.4 Å². The predicted molar refractivity (Wildman–Crippen MR) is 127 cm³/mol. The third-order valence-electron chi connectivity index (χ3n) is 4.68. The Balaban J connectivity index is 1.75. The van der Waals surface area contributed by atoms with Crippen LogP contribution in [0.3, 0.4) is 0 Å². The maximum Gasteiger partial charge on any atom is 0.336 e. The highest BCUT2D eigenvalue weighted by atomic mass is 16.5. The molecule has 0 saturated carbocycles. The molecule has 5 heteroatoms. The topological polar surface area (TPSA) is 68.6 Å². The van der Waals surface area contributed by atoms with Gasteiger partial charge in [0.25, 0.3) is 0 Å². The van der Waals surface area contributed by atoms with E-state index >= 15 is 0 Å². The molecule has 0 radical (unpaired) electrons. The van der Waals surface area contributed by atoms with Gasteiger partial charge in [0.2, 0.25) is 0 Å². The fraction of sp³-hybridized carbons (Fsp3) is 0.111. The van der Waals surface area contributed by atoms with Gasteiger partial charge in [0.15, 0.2) is 11.5 Å². The molecule has 0 spiro atoms. The van der Waals surface area contributed by atoms with Crippen molar-refractivity contribution in [3.05, 3.63) is 83.4 Å². The van der Waals surface area contributed by atoms with Gasteiger partial charge in [0.05, 0.1) is 14.2 Å². The predicted octanol–water partition coefficient (Wildman–Crippen LogP) is 5.36. The Bertz CT molecular complexity index is 1210. The number of ether oxygens (including phenoxy) is 3. The highest BCUT2D eigenvalue weighted by molar-refractivity contribution is 5.91. The van der Waals surface area contributed by atoms with E-state index in [1.54, 1.807) is 51.5 Å². The highest BCUT2D eigenvalue weighted by Crippen LogP contribution is 2.28. The first-order valence-electron chi connectivity index (χ1n) is 9.87. The summed E-state index contributed by atoms with van der Waals surface area (Å²) in [4.78, 5) is 12.3. The Labute approximate surface area is 187 Å². The highest BCUT2D eigenvalue weighted by Gasteiger charge is 2.09. The van der Waals surface area contributed by atoms with Crippen LogP contribution in [0.5, 0.6) is 17.2 Å². The molecule has 0 heterocycles. The smallest absolute Gasteiger partial charge is 0.336 e. The van der Waals surface area contributed by atoms with Crippen LogP contribution in [0, 0.1) is 17.3 Å². The molecule has 160 valence electrons. The summed E-state index contributed by atoms with van der Waals surface area (Å²) in [5, 5.41) is 7.72. The summed E-state index contributed by atoms with van der Waals surface area (Å²) in [5.74, 6) is 6.84. The van der Waals surface area contributed by atoms with Crippen molar-refractivity contribution in [2.75, 3.05) is 14.2 Å². The molecule has 3 aromatic rings. The standard InChI is InChI=1S/C27H23NO4/c1-4-5-19-6-10-21(11-7-19)22-12-14-24(23(17-22)18-28)32-27(29)15-9-20-8-13-25(30-2)26(16-20)31-3/h6-18,28H,1-3H3/b15-9+,28-18?. The third-order valence-corrected chi connectivity index (χ3v) is 4.68. The fourth-order valence-electron chi connectivity index (χ4n) is 3.09. The summed E-state index contributed by atoms with van der Waals surface area (Å²) in [6.45, 7) is 1.80. The molecule has 0 saturated heterocycles. The molecular formula is C27H23NO4. The molecule has 0 aliphatic carbocycles. The lowest BCUT2D eigenvalue weighted by Crippen LogP contribution is -2.05. The van der Waals surface area contributed by atoms with Gasteiger partial charge in [0.1, 0.15) is 5.75 Å². The minimum absolute atomic E-state index is 0.319. The number of nitrogens with one attached hydrogen (secondary N) is 1. The van der Waals surface area contributed by atoms with Crippen molar-refractivity contribution >= 4 is 18.3 Å². The van der Waals surface area contributed by atoms with Crippen molar-refractivity contribution in [3.8, 4) is 40.2 Å². The molecule has 0 amide bonds. The average molecular weight is 425 g/mol. The minimum atomic E-state index is -0.543. The summed E-state index contributed by atoms with van der Waals surface area (Å²) in [5.41, 5.74) is 4.11. The van der Waals surface area contributed by atoms with Crippen LogP contribution in [0.2, 0.25) is 0 Å². The van der Waals surface area contributed by atoms with Crippen LogP contribution in [0.4, 0.5) is 0 Å². The van der Waals surface area contributed by atoms with E-state index in [9.17, 15) is 4.79 Å². The third kappa shape index (κ3) is 5.44. The van der Waals surface area contributed by atoms with E-state index in [1.165, 1.54) is 12.3 Å². The quantitative estimate of drug-likeness (QED) is 0.182. The van der Waals surface area contributed by atoms with E-state index in [0.717, 1.165) is 22.3 Å². The number of carbonyl (C=O) groups excluding carboxylic acids is 1. The number of methoxy groups -OCH3 is 2. The van der Waals surface area contributed by atoms with Gasteiger partial charge in [-0.15, -0.1) is 5.92 Å². The minimum Gasteiger partial charge on any atom is -0.493 e. The van der Waals surface area contributed by atoms with Crippen molar-refractivity contribution in [2.45, 2.75) is 6.92 Å². The van der Waals surface area contributed by atoms with Gasteiger partial charge in [-0.1, -0.05) is 30.2 Å². The number of carbonyl (C=O) groups is 1. The summed E-state index contributed by atoms with van der Waals surface area (Å²) in [7, 11) is 3.11. The van der Waals surface area contributed by atoms with Crippen LogP contribution in [0.1, 0.15) is 23.6 Å². The summed E-state index contributed by atoms with van der Waals surface area (Å²) >= 11 is 0. The summed E-state index contributed by atoms with van der Waals surface area (Å²) < 4.78 is 15.9. The number of hydrogen-bond acceptors (Lipinski definition) is 5. The first-order valence-corrected chi connectivity index (χ1v) is 9.87. The Morgan fingerprint density at radius 2 is 1.56 bits per heavy atom. The number of esters is 1. The number of rotatable bonds is 7. The van der Waals surface area contributed by atoms with Crippen LogP contribution < -0.4 is 14.2 Å². The molecule has 5 nitrogen and oxygen atoms in total. The van der Waals surface area contributed by atoms with E-state index in [4.69, 9.17) is 19.6 Å². The van der Waals surface area contributed by atoms with E-state index in [1.807, 2.05) is 36.4 Å². The number of hydrogen-bond donors (Lipinski definition) is 1. The molecule has 0 aliphatic heterocycles. The van der Waals surface area contributed by atoms with Gasteiger partial charge < -0.3 is 19.6 Å². The van der Waals surface area contributed by atoms with Gasteiger partial charge in [-0.2, -0.15) is 0 Å². The zero-order valence-corrected chi connectivity index (χ0v) is 18.1. The lowest BCUT2D eigenvalue weighted by molar-refractivity contribution is -0.128. The van der Waals surface area contributed by atoms with Gasteiger partial charge in [-0.25, -0.2) is 4.79 Å². The Hall–Kier alpha value is -4.30. The SMILES string of the molecule is CC#Cc1ccc(-c2ccc(OC(=O)/C=C/c3ccc(OC)c(OC)c3)c(C=N)c2)cc1. The van der Waals surface area contributed by atoms with E-state index in [0.29, 0.717) is 22.8 Å². The molecule has 3 aromatic carbocycles. The van der Waals surface area contributed by atoms with Crippen molar-refractivity contribution < 1.29 is 19.0 Å². The van der Waals surface area contributed by atoms with Crippen molar-refractivity contribution in [3.63, 3.8) is 0 Å². The Kier molecular flexibility index (Phi) is 7.45. The Morgan fingerprint density at radius 1 is 0.875 bits per heavy atom. The first-order chi connectivity index (χ1) is 15.6. The largest absolute Gasteiger partial charge is 0.493 e. The molecule has 32 heavy (non-hydrogen) atoms. The summed E-state index contributed by atoms with van der Waals surface area (Å²) in [6.07, 6.45) is 4.13. The molecule has 0 fully saturated rings. The zero-order chi connectivity index (χ0) is 22.9. The monoisotopic (exact) mass is 425 g/mol. The van der Waals surface area contributed by atoms with Crippen LogP contribution in [-0.4, -0.2) is 26.4 Å². The molecule has 0 unspecified atom stereocenters. The van der Waals surface area contributed by atoms with Gasteiger partial charge >= 0.3 is 5.97 Å². The van der Waals surface area contributed by atoms with Gasteiger partial charge in [-0.05, 0) is 66.1 Å². The van der Waals surface area contributed by atoms with Crippen molar-refractivity contribution in [1.29, 1.82) is 5.41 Å². The molecule has 0 atom stereocenters. The molecule has 1 N–H and O–H groups in total. The second kappa shape index (κ2) is 10.6. The second-order valence-corrected chi connectivity index (χ2v) is 6.72. The Morgan fingerprint density at radius 3 is 2.22 bits per heavy atom. The normalized spacial score (nSPS) is 10.2. The molecule has 0 aromatic heterocycles. The van der Waals surface area contributed by atoms with E-state index in [2.05, 4.69) is 11.8 Å². The van der Waals surface area contributed by atoms with Crippen LogP contribution >= 0.6 is 0 Å². The summed E-state index contributed by atoms with van der Waals surface area (Å²) in [6, 6.07) is 18.5. The average Bonchev–Trinajstić information content (AvgIpc) is 2.83. The molecule has 0 aliphatic rings. The lowest BCUT2D eigenvalue weighted by atomic mass is 10.0. The molecular weight excluding hydrogens is 402 g/mol. The maximum atomic E-state index is 12.3. The van der Waals surface area contributed by atoms with E-state index < -0.39 is 5.97 Å². The van der Waals surface area contributed by atoms with Crippen LogP contribution in [0.25, 0.3) is 17.2 Å². The molecule has 3 rings (SSSR count).